The number of β-amino-alcohol motifs (C(OH)–C–C–N with tert-alkyl or cyclic N) is 1. The maximum Gasteiger partial charge on any atom is 0.0791 e. The molecule has 0 saturated carbocycles. The van der Waals surface area contributed by atoms with Gasteiger partial charge in [-0.15, -0.1) is 0 Å². The first-order valence-corrected chi connectivity index (χ1v) is 6.33. The molecule has 0 aromatic heterocycles. The number of hydrogen-bond acceptors (Lipinski definition) is 4. The SMILES string of the molecule is CC(C)NCC(O)CN1CCN(C)C(C)C1. The van der Waals surface area contributed by atoms with Crippen molar-refractivity contribution in [3.05, 3.63) is 0 Å². The van der Waals surface area contributed by atoms with E-state index in [1.165, 1.54) is 0 Å². The highest BCUT2D eigenvalue weighted by molar-refractivity contribution is 4.78. The van der Waals surface area contributed by atoms with Gasteiger partial charge in [0.05, 0.1) is 6.10 Å². The van der Waals surface area contributed by atoms with E-state index in [1.807, 2.05) is 0 Å². The Labute approximate surface area is 99.6 Å². The van der Waals surface area contributed by atoms with Gasteiger partial charge in [-0.25, -0.2) is 0 Å². The van der Waals surface area contributed by atoms with Crippen LogP contribution < -0.4 is 5.32 Å². The summed E-state index contributed by atoms with van der Waals surface area (Å²) in [7, 11) is 2.17. The van der Waals surface area contributed by atoms with Crippen LogP contribution in [0.2, 0.25) is 0 Å². The zero-order chi connectivity index (χ0) is 12.1. The van der Waals surface area contributed by atoms with E-state index < -0.39 is 0 Å². The molecule has 1 rings (SSSR count). The maximum absolute atomic E-state index is 9.88. The average Bonchev–Trinajstić information content (AvgIpc) is 2.21. The van der Waals surface area contributed by atoms with Gasteiger partial charge in [-0.3, -0.25) is 4.90 Å². The predicted molar refractivity (Wildman–Crippen MR) is 67.7 cm³/mol. The number of likely N-dealkylation sites (N-methyl/N-ethyl adjacent to an activating group) is 1. The Morgan fingerprint density at radius 2 is 2.06 bits per heavy atom. The summed E-state index contributed by atoms with van der Waals surface area (Å²) in [5.74, 6) is 0. The molecule has 4 nitrogen and oxygen atoms in total. The molecule has 1 heterocycles. The highest BCUT2D eigenvalue weighted by atomic mass is 16.3. The molecular formula is C12H27N3O. The Balaban J connectivity index is 2.21. The van der Waals surface area contributed by atoms with E-state index in [9.17, 15) is 5.11 Å². The van der Waals surface area contributed by atoms with Crippen molar-refractivity contribution in [1.82, 2.24) is 15.1 Å². The van der Waals surface area contributed by atoms with Crippen LogP contribution >= 0.6 is 0 Å². The third-order valence-corrected chi connectivity index (χ3v) is 3.27. The fourth-order valence-electron chi connectivity index (χ4n) is 2.02. The summed E-state index contributed by atoms with van der Waals surface area (Å²) in [4.78, 5) is 4.73. The highest BCUT2D eigenvalue weighted by Crippen LogP contribution is 2.07. The summed E-state index contributed by atoms with van der Waals surface area (Å²) in [5, 5.41) is 13.2. The summed E-state index contributed by atoms with van der Waals surface area (Å²) in [6.07, 6.45) is -0.252. The molecule has 2 N–H and O–H groups in total. The molecule has 0 aromatic rings. The Bertz CT molecular complexity index is 199. The molecule has 0 radical (unpaired) electrons. The second-order valence-electron chi connectivity index (χ2n) is 5.31. The summed E-state index contributed by atoms with van der Waals surface area (Å²) >= 11 is 0. The van der Waals surface area contributed by atoms with Crippen LogP contribution in [0.25, 0.3) is 0 Å². The first-order chi connectivity index (χ1) is 7.49. The van der Waals surface area contributed by atoms with Crippen LogP contribution in [-0.4, -0.2) is 72.9 Å². The van der Waals surface area contributed by atoms with Gasteiger partial charge >= 0.3 is 0 Å². The minimum absolute atomic E-state index is 0.252. The Morgan fingerprint density at radius 3 is 2.62 bits per heavy atom. The van der Waals surface area contributed by atoms with E-state index in [1.54, 1.807) is 0 Å². The first kappa shape index (κ1) is 13.9. The van der Waals surface area contributed by atoms with Crippen molar-refractivity contribution >= 4 is 0 Å². The van der Waals surface area contributed by atoms with E-state index in [0.717, 1.165) is 26.2 Å². The predicted octanol–water partition coefficient (Wildman–Crippen LogP) is -0.0188. The molecule has 0 bridgehead atoms. The van der Waals surface area contributed by atoms with Crippen LogP contribution in [0.3, 0.4) is 0 Å². The minimum Gasteiger partial charge on any atom is -0.390 e. The molecule has 1 aliphatic rings. The number of aliphatic hydroxyl groups excluding tert-OH is 1. The van der Waals surface area contributed by atoms with Gasteiger partial charge in [-0.2, -0.15) is 0 Å². The standard InChI is InChI=1S/C12H27N3O/c1-10(2)13-7-12(16)9-15-6-5-14(4)11(3)8-15/h10-13,16H,5-9H2,1-4H3. The maximum atomic E-state index is 9.88. The van der Waals surface area contributed by atoms with Crippen molar-refractivity contribution in [2.75, 3.05) is 39.8 Å². The van der Waals surface area contributed by atoms with Crippen molar-refractivity contribution in [1.29, 1.82) is 0 Å². The highest BCUT2D eigenvalue weighted by Gasteiger charge is 2.22. The van der Waals surface area contributed by atoms with Gasteiger partial charge in [0.25, 0.3) is 0 Å². The smallest absolute Gasteiger partial charge is 0.0791 e. The van der Waals surface area contributed by atoms with Crippen LogP contribution in [0.1, 0.15) is 20.8 Å². The topological polar surface area (TPSA) is 38.7 Å². The third-order valence-electron chi connectivity index (χ3n) is 3.27. The molecule has 0 spiro atoms. The van der Waals surface area contributed by atoms with E-state index in [-0.39, 0.29) is 6.10 Å². The van der Waals surface area contributed by atoms with Crippen molar-refractivity contribution < 1.29 is 5.11 Å². The molecule has 2 atom stereocenters. The number of piperazine rings is 1. The van der Waals surface area contributed by atoms with Crippen molar-refractivity contribution in [3.8, 4) is 0 Å². The Hall–Kier alpha value is -0.160. The molecule has 1 fully saturated rings. The summed E-state index contributed by atoms with van der Waals surface area (Å²) in [6, 6.07) is 1.04. The Kier molecular flexibility index (Phi) is 5.69. The summed E-state index contributed by atoms with van der Waals surface area (Å²) in [6.45, 7) is 11.2. The molecule has 0 aromatic carbocycles. The van der Waals surface area contributed by atoms with Crippen molar-refractivity contribution in [2.45, 2.75) is 39.0 Å². The molecule has 4 heteroatoms. The van der Waals surface area contributed by atoms with E-state index in [2.05, 4.69) is 42.9 Å². The summed E-state index contributed by atoms with van der Waals surface area (Å²) in [5.41, 5.74) is 0. The van der Waals surface area contributed by atoms with Gasteiger partial charge in [-0.05, 0) is 14.0 Å². The van der Waals surface area contributed by atoms with Crippen molar-refractivity contribution in [2.24, 2.45) is 0 Å². The molecule has 16 heavy (non-hydrogen) atoms. The number of rotatable bonds is 5. The van der Waals surface area contributed by atoms with E-state index >= 15 is 0 Å². The lowest BCUT2D eigenvalue weighted by molar-refractivity contribution is 0.0564. The molecule has 2 unspecified atom stereocenters. The molecule has 96 valence electrons. The van der Waals surface area contributed by atoms with Crippen LogP contribution in [-0.2, 0) is 0 Å². The van der Waals surface area contributed by atoms with Gasteiger partial charge in [0, 0.05) is 44.8 Å². The fourth-order valence-corrected chi connectivity index (χ4v) is 2.02. The number of hydrogen-bond donors (Lipinski definition) is 2. The van der Waals surface area contributed by atoms with Crippen LogP contribution in [0.5, 0.6) is 0 Å². The van der Waals surface area contributed by atoms with Gasteiger partial charge in [0.2, 0.25) is 0 Å². The normalized spacial score (nSPS) is 26.2. The molecule has 1 aliphatic heterocycles. The second-order valence-corrected chi connectivity index (χ2v) is 5.31. The average molecular weight is 229 g/mol. The lowest BCUT2D eigenvalue weighted by atomic mass is 10.2. The third kappa shape index (κ3) is 4.78. The molecule has 1 saturated heterocycles. The van der Waals surface area contributed by atoms with Crippen LogP contribution in [0.4, 0.5) is 0 Å². The van der Waals surface area contributed by atoms with Gasteiger partial charge in [0.1, 0.15) is 0 Å². The van der Waals surface area contributed by atoms with Crippen LogP contribution in [0, 0.1) is 0 Å². The molecular weight excluding hydrogens is 202 g/mol. The Morgan fingerprint density at radius 1 is 1.38 bits per heavy atom. The fraction of sp³-hybridized carbons (Fsp3) is 1.00. The van der Waals surface area contributed by atoms with E-state index in [0.29, 0.717) is 18.6 Å². The van der Waals surface area contributed by atoms with Gasteiger partial charge in [-0.1, -0.05) is 13.8 Å². The lowest BCUT2D eigenvalue weighted by Gasteiger charge is -2.38. The van der Waals surface area contributed by atoms with E-state index in [4.69, 9.17) is 0 Å². The number of nitrogens with one attached hydrogen (secondary N) is 1. The van der Waals surface area contributed by atoms with Gasteiger partial charge in [0.15, 0.2) is 0 Å². The zero-order valence-corrected chi connectivity index (χ0v) is 11.1. The number of nitrogens with zero attached hydrogens (tertiary/aromatic N) is 2. The summed E-state index contributed by atoms with van der Waals surface area (Å²) < 4.78 is 0. The molecule has 0 amide bonds. The quantitative estimate of drug-likeness (QED) is 0.695. The van der Waals surface area contributed by atoms with Crippen LogP contribution in [0.15, 0.2) is 0 Å². The zero-order valence-electron chi connectivity index (χ0n) is 11.1. The number of aliphatic hydroxyl groups is 1. The van der Waals surface area contributed by atoms with Gasteiger partial charge < -0.3 is 15.3 Å². The second kappa shape index (κ2) is 6.55. The first-order valence-electron chi connectivity index (χ1n) is 6.33. The minimum atomic E-state index is -0.252. The van der Waals surface area contributed by atoms with Crippen molar-refractivity contribution in [3.63, 3.8) is 0 Å². The largest absolute Gasteiger partial charge is 0.390 e. The monoisotopic (exact) mass is 229 g/mol. The molecule has 0 aliphatic carbocycles. The lowest BCUT2D eigenvalue weighted by Crippen LogP contribution is -2.52.